The van der Waals surface area contributed by atoms with Crippen molar-refractivity contribution >= 4 is 27.7 Å². The summed E-state index contributed by atoms with van der Waals surface area (Å²) in [6, 6.07) is 3.28. The summed E-state index contributed by atoms with van der Waals surface area (Å²) in [5.41, 5.74) is 12.9. The van der Waals surface area contributed by atoms with Crippen molar-refractivity contribution < 1.29 is 13.0 Å². The molecule has 1 heterocycles. The molecule has 1 aromatic carbocycles. The van der Waals surface area contributed by atoms with Crippen molar-refractivity contribution in [3.05, 3.63) is 23.3 Å². The highest BCUT2D eigenvalue weighted by atomic mass is 32.2. The van der Waals surface area contributed by atoms with Crippen molar-refractivity contribution in [2.24, 2.45) is 21.5 Å². The lowest BCUT2D eigenvalue weighted by atomic mass is 9.87. The van der Waals surface area contributed by atoms with Gasteiger partial charge >= 0.3 is 0 Å². The molecule has 5 N–H and O–H groups in total. The van der Waals surface area contributed by atoms with Crippen LogP contribution in [0.15, 0.2) is 27.0 Å². The molecule has 0 radical (unpaired) electrons. The Hall–Kier alpha value is -2.13. The minimum Gasteiger partial charge on any atom is -0.369 e. The van der Waals surface area contributed by atoms with Crippen LogP contribution in [-0.2, 0) is 10.1 Å². The first-order chi connectivity index (χ1) is 11.6. The summed E-state index contributed by atoms with van der Waals surface area (Å²) in [7, 11) is -4.45. The SMILES string of the molecule is Cc1cc(C)c(N2C(N)=NC(N)=NC23CCCCC3)c(S(=O)(=O)O)c1. The van der Waals surface area contributed by atoms with Crippen LogP contribution in [0.2, 0.25) is 0 Å². The molecule has 0 saturated heterocycles. The van der Waals surface area contributed by atoms with Crippen LogP contribution in [0.25, 0.3) is 0 Å². The zero-order valence-corrected chi connectivity index (χ0v) is 15.2. The molecule has 0 unspecified atom stereocenters. The minimum atomic E-state index is -4.45. The molecule has 1 aliphatic heterocycles. The number of nitrogens with two attached hydrogens (primary N) is 2. The predicted octanol–water partition coefficient (Wildman–Crippen LogP) is 1.66. The third kappa shape index (κ3) is 3.09. The molecule has 1 aliphatic carbocycles. The predicted molar refractivity (Wildman–Crippen MR) is 97.3 cm³/mol. The maximum atomic E-state index is 12.0. The largest absolute Gasteiger partial charge is 0.369 e. The maximum absolute atomic E-state index is 12.0. The summed E-state index contributed by atoms with van der Waals surface area (Å²) in [5.74, 6) is 0.181. The van der Waals surface area contributed by atoms with Gasteiger partial charge in [0.1, 0.15) is 10.6 Å². The second-order valence-corrected chi connectivity index (χ2v) is 8.11. The fourth-order valence-corrected chi connectivity index (χ4v) is 4.68. The first-order valence-corrected chi connectivity index (χ1v) is 9.66. The molecular formula is C16H23N5O3S. The molecule has 0 atom stereocenters. The third-order valence-electron chi connectivity index (χ3n) is 4.76. The minimum absolute atomic E-state index is 0.0891. The Kier molecular flexibility index (Phi) is 4.24. The van der Waals surface area contributed by atoms with Gasteiger partial charge in [-0.25, -0.2) is 4.99 Å². The fourth-order valence-electron chi connectivity index (χ4n) is 3.85. The van der Waals surface area contributed by atoms with Gasteiger partial charge in [0.15, 0.2) is 0 Å². The Morgan fingerprint density at radius 2 is 1.80 bits per heavy atom. The van der Waals surface area contributed by atoms with E-state index >= 15 is 0 Å². The highest BCUT2D eigenvalue weighted by molar-refractivity contribution is 7.86. The highest BCUT2D eigenvalue weighted by Gasteiger charge is 2.44. The Labute approximate surface area is 147 Å². The summed E-state index contributed by atoms with van der Waals surface area (Å²) >= 11 is 0. The average molecular weight is 365 g/mol. The molecule has 0 aromatic heterocycles. The zero-order valence-electron chi connectivity index (χ0n) is 14.4. The Morgan fingerprint density at radius 3 is 2.40 bits per heavy atom. The van der Waals surface area contributed by atoms with E-state index in [1.807, 2.05) is 6.07 Å². The fraction of sp³-hybridized carbons (Fsp3) is 0.500. The first-order valence-electron chi connectivity index (χ1n) is 8.22. The summed E-state index contributed by atoms with van der Waals surface area (Å²) < 4.78 is 33.8. The van der Waals surface area contributed by atoms with Crippen molar-refractivity contribution in [1.82, 2.24) is 0 Å². The number of aryl methyl sites for hydroxylation is 2. The van der Waals surface area contributed by atoms with Crippen LogP contribution >= 0.6 is 0 Å². The quantitative estimate of drug-likeness (QED) is 0.682. The Balaban J connectivity index is 2.29. The Morgan fingerprint density at radius 1 is 1.16 bits per heavy atom. The van der Waals surface area contributed by atoms with Gasteiger partial charge in [-0.2, -0.15) is 13.4 Å². The molecule has 3 rings (SSSR count). The molecule has 1 aromatic rings. The lowest BCUT2D eigenvalue weighted by Gasteiger charge is -2.46. The van der Waals surface area contributed by atoms with Gasteiger partial charge < -0.3 is 11.5 Å². The van der Waals surface area contributed by atoms with Gasteiger partial charge in [-0.3, -0.25) is 9.45 Å². The molecule has 8 nitrogen and oxygen atoms in total. The van der Waals surface area contributed by atoms with E-state index < -0.39 is 15.8 Å². The van der Waals surface area contributed by atoms with Gasteiger partial charge in [0, 0.05) is 0 Å². The molecule has 9 heteroatoms. The third-order valence-corrected chi connectivity index (χ3v) is 5.63. The topological polar surface area (TPSA) is 134 Å². The number of nitrogens with zero attached hydrogens (tertiary/aromatic N) is 3. The summed E-state index contributed by atoms with van der Waals surface area (Å²) in [5, 5.41) is 0. The smallest absolute Gasteiger partial charge is 0.296 e. The van der Waals surface area contributed by atoms with Crippen LogP contribution in [-0.4, -0.2) is 30.6 Å². The van der Waals surface area contributed by atoms with E-state index in [0.717, 1.165) is 24.8 Å². The summed E-state index contributed by atoms with van der Waals surface area (Å²) in [4.78, 5) is 10.0. The van der Waals surface area contributed by atoms with Crippen molar-refractivity contribution in [2.45, 2.75) is 56.5 Å². The normalized spacial score (nSPS) is 20.4. The van der Waals surface area contributed by atoms with Gasteiger partial charge in [-0.05, 0) is 56.7 Å². The Bertz CT molecular complexity index is 870. The second kappa shape index (κ2) is 5.99. The van der Waals surface area contributed by atoms with Gasteiger partial charge in [-0.15, -0.1) is 0 Å². The average Bonchev–Trinajstić information content (AvgIpc) is 2.48. The zero-order chi connectivity index (χ0) is 18.4. The van der Waals surface area contributed by atoms with Crippen LogP contribution in [0.1, 0.15) is 43.2 Å². The van der Waals surface area contributed by atoms with E-state index in [0.29, 0.717) is 24.1 Å². The number of hydrogen-bond acceptors (Lipinski definition) is 7. The lowest BCUT2D eigenvalue weighted by molar-refractivity contribution is 0.304. The molecule has 25 heavy (non-hydrogen) atoms. The lowest BCUT2D eigenvalue weighted by Crippen LogP contribution is -2.58. The monoisotopic (exact) mass is 365 g/mol. The summed E-state index contributed by atoms with van der Waals surface area (Å²) in [6.45, 7) is 3.55. The number of benzene rings is 1. The van der Waals surface area contributed by atoms with E-state index in [1.165, 1.54) is 6.07 Å². The van der Waals surface area contributed by atoms with Gasteiger partial charge in [-0.1, -0.05) is 12.5 Å². The van der Waals surface area contributed by atoms with Crippen LogP contribution in [0.4, 0.5) is 5.69 Å². The molecule has 136 valence electrons. The van der Waals surface area contributed by atoms with E-state index in [4.69, 9.17) is 11.5 Å². The van der Waals surface area contributed by atoms with Gasteiger partial charge in [0.2, 0.25) is 11.9 Å². The van der Waals surface area contributed by atoms with Crippen LogP contribution in [0.5, 0.6) is 0 Å². The van der Waals surface area contributed by atoms with Crippen LogP contribution in [0, 0.1) is 13.8 Å². The number of anilines is 1. The number of rotatable bonds is 2. The number of hydrogen-bond donors (Lipinski definition) is 3. The van der Waals surface area contributed by atoms with Crippen molar-refractivity contribution in [1.29, 1.82) is 0 Å². The van der Waals surface area contributed by atoms with E-state index in [1.54, 1.807) is 18.7 Å². The van der Waals surface area contributed by atoms with Crippen molar-refractivity contribution in [3.63, 3.8) is 0 Å². The molecule has 1 spiro atoms. The standard InChI is InChI=1S/C16H23N5O3S/c1-10-8-11(2)13(12(9-10)25(22,23)24)21-15(18)19-14(17)20-16(21)6-4-3-5-7-16/h8-9H,3-7H2,1-2H3,(H,22,23,24)(H4,17,18,19,20). The van der Waals surface area contributed by atoms with E-state index in [2.05, 4.69) is 9.98 Å². The van der Waals surface area contributed by atoms with E-state index in [9.17, 15) is 13.0 Å². The van der Waals surface area contributed by atoms with Crippen molar-refractivity contribution in [3.8, 4) is 0 Å². The maximum Gasteiger partial charge on any atom is 0.296 e. The molecule has 1 fully saturated rings. The van der Waals surface area contributed by atoms with Crippen molar-refractivity contribution in [2.75, 3.05) is 4.90 Å². The molecule has 0 amide bonds. The molecule has 0 bridgehead atoms. The molecular weight excluding hydrogens is 342 g/mol. The summed E-state index contributed by atoms with van der Waals surface area (Å²) in [6.07, 6.45) is 4.28. The van der Waals surface area contributed by atoms with Crippen LogP contribution in [0.3, 0.4) is 0 Å². The van der Waals surface area contributed by atoms with Gasteiger partial charge in [0.05, 0.1) is 5.69 Å². The highest BCUT2D eigenvalue weighted by Crippen LogP contribution is 2.43. The molecule has 2 aliphatic rings. The van der Waals surface area contributed by atoms with E-state index in [-0.39, 0.29) is 16.8 Å². The number of guanidine groups is 2. The first kappa shape index (κ1) is 17.7. The molecule has 1 saturated carbocycles. The van der Waals surface area contributed by atoms with Crippen LogP contribution < -0.4 is 16.4 Å². The number of aliphatic imine (C=N–C) groups is 2. The van der Waals surface area contributed by atoms with Gasteiger partial charge in [0.25, 0.3) is 10.1 Å². The second-order valence-electron chi connectivity index (χ2n) is 6.72.